The van der Waals surface area contributed by atoms with Gasteiger partial charge in [0.05, 0.1) is 6.54 Å². The van der Waals surface area contributed by atoms with E-state index in [0.29, 0.717) is 12.5 Å². The van der Waals surface area contributed by atoms with E-state index < -0.39 is 0 Å². The first-order chi connectivity index (χ1) is 8.52. The van der Waals surface area contributed by atoms with Crippen LogP contribution in [0.5, 0.6) is 0 Å². The molecule has 2 atom stereocenters. The zero-order valence-electron chi connectivity index (χ0n) is 11.4. The maximum Gasteiger partial charge on any atom is 0.239 e. The van der Waals surface area contributed by atoms with Gasteiger partial charge in [0.1, 0.15) is 0 Å². The molecule has 18 heavy (non-hydrogen) atoms. The Hall–Kier alpha value is -1.10. The summed E-state index contributed by atoms with van der Waals surface area (Å²) >= 11 is 0. The molecule has 0 spiro atoms. The van der Waals surface area contributed by atoms with Crippen LogP contribution in [0.25, 0.3) is 0 Å². The van der Waals surface area contributed by atoms with Crippen molar-refractivity contribution in [1.29, 1.82) is 0 Å². The van der Waals surface area contributed by atoms with E-state index in [1.807, 2.05) is 13.8 Å². The molecule has 2 amide bonds. The summed E-state index contributed by atoms with van der Waals surface area (Å²) in [6.45, 7) is 4.51. The Morgan fingerprint density at radius 3 is 2.67 bits per heavy atom. The molecular formula is C13H25N3O2. The number of nitrogens with two attached hydrogens (primary N) is 1. The molecule has 0 radical (unpaired) electrons. The van der Waals surface area contributed by atoms with Crippen molar-refractivity contribution < 1.29 is 9.59 Å². The molecule has 1 rings (SSSR count). The average Bonchev–Trinajstić information content (AvgIpc) is 2.35. The Morgan fingerprint density at radius 1 is 1.33 bits per heavy atom. The second-order valence-electron chi connectivity index (χ2n) is 5.41. The van der Waals surface area contributed by atoms with Crippen LogP contribution in [0, 0.1) is 11.8 Å². The number of hydrogen-bond donors (Lipinski definition) is 3. The summed E-state index contributed by atoms with van der Waals surface area (Å²) in [4.78, 5) is 23.3. The SMILES string of the molecule is CC(C)NC(=O)CNC(=O)C1CCCC(CN)C1. The third-order valence-corrected chi connectivity index (χ3v) is 3.36. The molecule has 1 aliphatic carbocycles. The van der Waals surface area contributed by atoms with Crippen molar-refractivity contribution >= 4 is 11.8 Å². The Balaban J connectivity index is 2.29. The molecule has 0 aliphatic heterocycles. The third-order valence-electron chi connectivity index (χ3n) is 3.36. The zero-order valence-corrected chi connectivity index (χ0v) is 11.4. The minimum atomic E-state index is -0.135. The van der Waals surface area contributed by atoms with Gasteiger partial charge in [-0.1, -0.05) is 6.42 Å². The van der Waals surface area contributed by atoms with Crippen molar-refractivity contribution in [2.45, 2.75) is 45.6 Å². The van der Waals surface area contributed by atoms with Crippen LogP contribution in [0.4, 0.5) is 0 Å². The van der Waals surface area contributed by atoms with Gasteiger partial charge in [-0.25, -0.2) is 0 Å². The van der Waals surface area contributed by atoms with Crippen molar-refractivity contribution in [3.63, 3.8) is 0 Å². The van der Waals surface area contributed by atoms with Gasteiger partial charge >= 0.3 is 0 Å². The molecule has 1 fully saturated rings. The second-order valence-corrected chi connectivity index (χ2v) is 5.41. The summed E-state index contributed by atoms with van der Waals surface area (Å²) in [5.74, 6) is 0.342. The van der Waals surface area contributed by atoms with Crippen LogP contribution in [0.1, 0.15) is 39.5 Å². The molecule has 0 aromatic heterocycles. The van der Waals surface area contributed by atoms with Gasteiger partial charge in [-0.3, -0.25) is 9.59 Å². The predicted octanol–water partition coefficient (Wildman–Crippen LogP) is 0.392. The number of carbonyl (C=O) groups is 2. The van der Waals surface area contributed by atoms with Gasteiger partial charge < -0.3 is 16.4 Å². The topological polar surface area (TPSA) is 84.2 Å². The van der Waals surface area contributed by atoms with Crippen molar-refractivity contribution in [3.05, 3.63) is 0 Å². The highest BCUT2D eigenvalue weighted by molar-refractivity contribution is 5.85. The Labute approximate surface area is 109 Å². The van der Waals surface area contributed by atoms with E-state index in [4.69, 9.17) is 5.73 Å². The quantitative estimate of drug-likeness (QED) is 0.664. The van der Waals surface area contributed by atoms with E-state index in [9.17, 15) is 9.59 Å². The van der Waals surface area contributed by atoms with Crippen molar-refractivity contribution in [2.24, 2.45) is 17.6 Å². The fraction of sp³-hybridized carbons (Fsp3) is 0.846. The number of hydrogen-bond acceptors (Lipinski definition) is 3. The van der Waals surface area contributed by atoms with Gasteiger partial charge in [0.2, 0.25) is 11.8 Å². The van der Waals surface area contributed by atoms with E-state index in [2.05, 4.69) is 10.6 Å². The molecule has 0 aromatic carbocycles. The molecule has 0 saturated heterocycles. The smallest absolute Gasteiger partial charge is 0.239 e. The monoisotopic (exact) mass is 255 g/mol. The van der Waals surface area contributed by atoms with Crippen LogP contribution in [0.15, 0.2) is 0 Å². The average molecular weight is 255 g/mol. The first kappa shape index (κ1) is 15.0. The molecule has 1 aliphatic rings. The van der Waals surface area contributed by atoms with Gasteiger partial charge in [-0.15, -0.1) is 0 Å². The van der Waals surface area contributed by atoms with E-state index >= 15 is 0 Å². The minimum Gasteiger partial charge on any atom is -0.352 e. The van der Waals surface area contributed by atoms with Crippen molar-refractivity contribution in [3.8, 4) is 0 Å². The van der Waals surface area contributed by atoms with Gasteiger partial charge in [0, 0.05) is 12.0 Å². The molecule has 4 N–H and O–H groups in total. The molecule has 0 heterocycles. The Morgan fingerprint density at radius 2 is 2.06 bits per heavy atom. The second kappa shape index (κ2) is 7.36. The van der Waals surface area contributed by atoms with Crippen molar-refractivity contribution in [1.82, 2.24) is 10.6 Å². The van der Waals surface area contributed by atoms with E-state index in [1.54, 1.807) is 0 Å². The van der Waals surface area contributed by atoms with Crippen LogP contribution < -0.4 is 16.4 Å². The maximum atomic E-state index is 11.9. The zero-order chi connectivity index (χ0) is 13.5. The number of amides is 2. The standard InChI is InChI=1S/C13H25N3O2/c1-9(2)16-12(17)8-15-13(18)11-5-3-4-10(6-11)7-14/h9-11H,3-8,14H2,1-2H3,(H,15,18)(H,16,17). The highest BCUT2D eigenvalue weighted by atomic mass is 16.2. The van der Waals surface area contributed by atoms with Crippen LogP contribution in [-0.4, -0.2) is 30.9 Å². The molecule has 1 saturated carbocycles. The lowest BCUT2D eigenvalue weighted by Gasteiger charge is -2.27. The first-order valence-electron chi connectivity index (χ1n) is 6.80. The van der Waals surface area contributed by atoms with E-state index in [1.165, 1.54) is 0 Å². The fourth-order valence-electron chi connectivity index (χ4n) is 2.43. The summed E-state index contributed by atoms with van der Waals surface area (Å²) in [6, 6.07) is 0.103. The Kier molecular flexibility index (Phi) is 6.12. The third kappa shape index (κ3) is 5.04. The number of rotatable bonds is 5. The molecule has 0 aromatic rings. The summed E-state index contributed by atoms with van der Waals surface area (Å²) in [7, 11) is 0. The number of carbonyl (C=O) groups excluding carboxylic acids is 2. The van der Waals surface area contributed by atoms with Crippen molar-refractivity contribution in [2.75, 3.05) is 13.1 Å². The molecular weight excluding hydrogens is 230 g/mol. The minimum absolute atomic E-state index is 0.00736. The van der Waals surface area contributed by atoms with Gasteiger partial charge in [0.15, 0.2) is 0 Å². The van der Waals surface area contributed by atoms with E-state index in [0.717, 1.165) is 25.7 Å². The molecule has 0 bridgehead atoms. The summed E-state index contributed by atoms with van der Waals surface area (Å²) in [5.41, 5.74) is 5.65. The normalized spacial score (nSPS) is 23.8. The van der Waals surface area contributed by atoms with Crippen LogP contribution in [-0.2, 0) is 9.59 Å². The lowest BCUT2D eigenvalue weighted by Crippen LogP contribution is -2.42. The largest absolute Gasteiger partial charge is 0.352 e. The highest BCUT2D eigenvalue weighted by Gasteiger charge is 2.26. The summed E-state index contributed by atoms with van der Waals surface area (Å²) in [6.07, 6.45) is 3.94. The summed E-state index contributed by atoms with van der Waals surface area (Å²) in [5, 5.41) is 5.46. The predicted molar refractivity (Wildman–Crippen MR) is 70.8 cm³/mol. The lowest BCUT2D eigenvalue weighted by molar-refractivity contribution is -0.129. The molecule has 5 nitrogen and oxygen atoms in total. The van der Waals surface area contributed by atoms with Crippen LogP contribution in [0.2, 0.25) is 0 Å². The fourth-order valence-corrected chi connectivity index (χ4v) is 2.43. The maximum absolute atomic E-state index is 11.9. The first-order valence-corrected chi connectivity index (χ1v) is 6.80. The highest BCUT2D eigenvalue weighted by Crippen LogP contribution is 2.28. The molecule has 2 unspecified atom stereocenters. The van der Waals surface area contributed by atoms with Crippen LogP contribution >= 0.6 is 0 Å². The molecule has 5 heteroatoms. The van der Waals surface area contributed by atoms with Gasteiger partial charge in [-0.05, 0) is 45.6 Å². The van der Waals surface area contributed by atoms with E-state index in [-0.39, 0.29) is 30.3 Å². The Bertz CT molecular complexity index is 292. The lowest BCUT2D eigenvalue weighted by atomic mass is 9.81. The van der Waals surface area contributed by atoms with Gasteiger partial charge in [-0.2, -0.15) is 0 Å². The molecule has 104 valence electrons. The summed E-state index contributed by atoms with van der Waals surface area (Å²) < 4.78 is 0. The van der Waals surface area contributed by atoms with Crippen LogP contribution in [0.3, 0.4) is 0 Å². The number of nitrogens with one attached hydrogen (secondary N) is 2. The van der Waals surface area contributed by atoms with Gasteiger partial charge in [0.25, 0.3) is 0 Å².